The van der Waals surface area contributed by atoms with E-state index < -0.39 is 0 Å². The third-order valence-corrected chi connectivity index (χ3v) is 3.10. The van der Waals surface area contributed by atoms with Gasteiger partial charge in [0.2, 0.25) is 5.91 Å². The maximum atomic E-state index is 10.9. The van der Waals surface area contributed by atoms with Crippen molar-refractivity contribution >= 4 is 11.6 Å². The molecule has 0 radical (unpaired) electrons. The fourth-order valence-corrected chi connectivity index (χ4v) is 2.09. The normalized spacial score (nSPS) is 10.3. The summed E-state index contributed by atoms with van der Waals surface area (Å²) >= 11 is 0. The van der Waals surface area contributed by atoms with Crippen molar-refractivity contribution in [3.05, 3.63) is 59.7 Å². The number of nitrogens with one attached hydrogen (secondary N) is 2. The lowest BCUT2D eigenvalue weighted by Gasteiger charge is -2.07. The Morgan fingerprint density at radius 3 is 2.52 bits per heavy atom. The molecule has 2 rings (SSSR count). The average molecular weight is 284 g/mol. The zero-order valence-corrected chi connectivity index (χ0v) is 12.1. The lowest BCUT2D eigenvalue weighted by Crippen LogP contribution is -2.16. The fraction of sp³-hybridized carbons (Fsp3) is 0.235. The predicted molar refractivity (Wildman–Crippen MR) is 84.3 cm³/mol. The molecule has 2 aromatic rings. The van der Waals surface area contributed by atoms with Gasteiger partial charge in [0.05, 0.1) is 0 Å². The van der Waals surface area contributed by atoms with Crippen molar-refractivity contribution in [1.29, 1.82) is 0 Å². The van der Waals surface area contributed by atoms with Gasteiger partial charge in [-0.15, -0.1) is 0 Å². The Bertz CT molecular complexity index is 594. The van der Waals surface area contributed by atoms with Crippen LogP contribution < -0.4 is 10.6 Å². The minimum Gasteiger partial charge on any atom is -0.508 e. The molecular weight excluding hydrogens is 264 g/mol. The molecule has 4 heteroatoms. The van der Waals surface area contributed by atoms with Crippen LogP contribution in [0.3, 0.4) is 0 Å². The van der Waals surface area contributed by atoms with Crippen molar-refractivity contribution in [2.45, 2.75) is 19.9 Å². The molecule has 0 aliphatic carbocycles. The van der Waals surface area contributed by atoms with Crippen LogP contribution in [-0.4, -0.2) is 17.6 Å². The Balaban J connectivity index is 1.74. The molecule has 0 unspecified atom stereocenters. The first kappa shape index (κ1) is 15.1. The van der Waals surface area contributed by atoms with Gasteiger partial charge in [-0.05, 0) is 48.4 Å². The Labute approximate surface area is 124 Å². The van der Waals surface area contributed by atoms with Gasteiger partial charge in [-0.2, -0.15) is 0 Å². The molecule has 0 atom stereocenters. The van der Waals surface area contributed by atoms with Crippen LogP contribution in [0.25, 0.3) is 0 Å². The third-order valence-electron chi connectivity index (χ3n) is 3.10. The number of benzene rings is 2. The van der Waals surface area contributed by atoms with Crippen molar-refractivity contribution < 1.29 is 9.90 Å². The summed E-state index contributed by atoms with van der Waals surface area (Å²) in [5, 5.41) is 15.5. The van der Waals surface area contributed by atoms with E-state index in [2.05, 4.69) is 10.6 Å². The molecule has 21 heavy (non-hydrogen) atoms. The van der Waals surface area contributed by atoms with E-state index in [4.69, 9.17) is 0 Å². The van der Waals surface area contributed by atoms with Crippen molar-refractivity contribution in [3.8, 4) is 5.75 Å². The number of amides is 1. The van der Waals surface area contributed by atoms with E-state index in [1.807, 2.05) is 36.4 Å². The highest BCUT2D eigenvalue weighted by atomic mass is 16.3. The summed E-state index contributed by atoms with van der Waals surface area (Å²) in [4.78, 5) is 10.9. The summed E-state index contributed by atoms with van der Waals surface area (Å²) in [6.45, 7) is 3.09. The summed E-state index contributed by atoms with van der Waals surface area (Å²) in [5.41, 5.74) is 3.10. The first-order chi connectivity index (χ1) is 10.1. The molecule has 0 heterocycles. The van der Waals surface area contributed by atoms with E-state index in [1.165, 1.54) is 12.5 Å². The molecule has 4 nitrogen and oxygen atoms in total. The number of carbonyl (C=O) groups is 1. The molecular formula is C17H20N2O2. The molecule has 0 aliphatic heterocycles. The smallest absolute Gasteiger partial charge is 0.221 e. The van der Waals surface area contributed by atoms with E-state index in [1.54, 1.807) is 12.1 Å². The van der Waals surface area contributed by atoms with Crippen LogP contribution in [-0.2, 0) is 17.8 Å². The molecule has 0 spiro atoms. The van der Waals surface area contributed by atoms with Gasteiger partial charge in [0.25, 0.3) is 0 Å². The third kappa shape index (κ3) is 5.28. The zero-order valence-electron chi connectivity index (χ0n) is 12.1. The standard InChI is InChI=1S/C17H20N2O2/c1-13(20)19-16-7-5-14(6-8-16)9-10-18-12-15-3-2-4-17(21)11-15/h2-8,11,18,21H,9-10,12H2,1H3,(H,19,20). The minimum absolute atomic E-state index is 0.0597. The van der Waals surface area contributed by atoms with Crippen LogP contribution in [0.5, 0.6) is 5.75 Å². The fourth-order valence-electron chi connectivity index (χ4n) is 2.09. The summed E-state index contributed by atoms with van der Waals surface area (Å²) in [5.74, 6) is 0.235. The second-order valence-electron chi connectivity index (χ2n) is 4.97. The van der Waals surface area contributed by atoms with Gasteiger partial charge in [0.1, 0.15) is 5.75 Å². The van der Waals surface area contributed by atoms with E-state index in [0.717, 1.165) is 30.8 Å². The van der Waals surface area contributed by atoms with Gasteiger partial charge in [-0.25, -0.2) is 0 Å². The van der Waals surface area contributed by atoms with Crippen LogP contribution >= 0.6 is 0 Å². The molecule has 2 aromatic carbocycles. The SMILES string of the molecule is CC(=O)Nc1ccc(CCNCc2cccc(O)c2)cc1. The number of phenolic OH excluding ortho intramolecular Hbond substituents is 1. The minimum atomic E-state index is -0.0597. The molecule has 0 fully saturated rings. The van der Waals surface area contributed by atoms with Crippen LogP contribution in [0.1, 0.15) is 18.1 Å². The van der Waals surface area contributed by atoms with Crippen molar-refractivity contribution in [2.24, 2.45) is 0 Å². The Morgan fingerprint density at radius 2 is 1.86 bits per heavy atom. The van der Waals surface area contributed by atoms with Crippen LogP contribution in [0, 0.1) is 0 Å². The van der Waals surface area contributed by atoms with Crippen LogP contribution in [0.15, 0.2) is 48.5 Å². The molecule has 0 aromatic heterocycles. The quantitative estimate of drug-likeness (QED) is 0.715. The van der Waals surface area contributed by atoms with E-state index in [-0.39, 0.29) is 5.91 Å². The first-order valence-electron chi connectivity index (χ1n) is 6.98. The van der Waals surface area contributed by atoms with Gasteiger partial charge in [-0.3, -0.25) is 4.79 Å². The average Bonchev–Trinajstić information content (AvgIpc) is 2.45. The summed E-state index contributed by atoms with van der Waals surface area (Å²) in [6, 6.07) is 15.1. The Kier molecular flexibility index (Phi) is 5.35. The van der Waals surface area contributed by atoms with E-state index >= 15 is 0 Å². The molecule has 0 aliphatic rings. The zero-order chi connectivity index (χ0) is 15.1. The molecule has 1 amide bonds. The summed E-state index contributed by atoms with van der Waals surface area (Å²) in [7, 11) is 0. The number of carbonyl (C=O) groups excluding carboxylic acids is 1. The first-order valence-corrected chi connectivity index (χ1v) is 6.98. The number of rotatable bonds is 6. The molecule has 110 valence electrons. The number of aromatic hydroxyl groups is 1. The maximum Gasteiger partial charge on any atom is 0.221 e. The molecule has 3 N–H and O–H groups in total. The number of phenols is 1. The van der Waals surface area contributed by atoms with Gasteiger partial charge in [-0.1, -0.05) is 24.3 Å². The van der Waals surface area contributed by atoms with Crippen molar-refractivity contribution in [2.75, 3.05) is 11.9 Å². The highest BCUT2D eigenvalue weighted by molar-refractivity contribution is 5.88. The summed E-state index contributed by atoms with van der Waals surface area (Å²) < 4.78 is 0. The lowest BCUT2D eigenvalue weighted by atomic mass is 10.1. The van der Waals surface area contributed by atoms with Crippen molar-refractivity contribution in [3.63, 3.8) is 0 Å². The number of anilines is 1. The van der Waals surface area contributed by atoms with Crippen LogP contribution in [0.4, 0.5) is 5.69 Å². The second-order valence-corrected chi connectivity index (χ2v) is 4.97. The van der Waals surface area contributed by atoms with Crippen LogP contribution in [0.2, 0.25) is 0 Å². The highest BCUT2D eigenvalue weighted by Gasteiger charge is 1.98. The van der Waals surface area contributed by atoms with Crippen molar-refractivity contribution in [1.82, 2.24) is 5.32 Å². The largest absolute Gasteiger partial charge is 0.508 e. The number of hydrogen-bond donors (Lipinski definition) is 3. The van der Waals surface area contributed by atoms with Gasteiger partial charge in [0, 0.05) is 19.2 Å². The topological polar surface area (TPSA) is 61.4 Å². The van der Waals surface area contributed by atoms with E-state index in [9.17, 15) is 9.90 Å². The van der Waals surface area contributed by atoms with Gasteiger partial charge >= 0.3 is 0 Å². The lowest BCUT2D eigenvalue weighted by molar-refractivity contribution is -0.114. The summed E-state index contributed by atoms with van der Waals surface area (Å²) in [6.07, 6.45) is 0.916. The molecule has 0 bridgehead atoms. The predicted octanol–water partition coefficient (Wildman–Crippen LogP) is 2.68. The Morgan fingerprint density at radius 1 is 1.10 bits per heavy atom. The monoisotopic (exact) mass is 284 g/mol. The van der Waals surface area contributed by atoms with E-state index in [0.29, 0.717) is 5.75 Å². The van der Waals surface area contributed by atoms with Gasteiger partial charge in [0.15, 0.2) is 0 Å². The maximum absolute atomic E-state index is 10.9. The van der Waals surface area contributed by atoms with Gasteiger partial charge < -0.3 is 15.7 Å². The molecule has 0 saturated carbocycles. The number of hydrogen-bond acceptors (Lipinski definition) is 3. The second kappa shape index (κ2) is 7.45. The molecule has 0 saturated heterocycles. The highest BCUT2D eigenvalue weighted by Crippen LogP contribution is 2.11. The Hall–Kier alpha value is -2.33.